The van der Waals surface area contributed by atoms with Crippen molar-refractivity contribution in [2.75, 3.05) is 6.61 Å². The van der Waals surface area contributed by atoms with E-state index in [4.69, 9.17) is 4.74 Å². The van der Waals surface area contributed by atoms with E-state index in [1.807, 2.05) is 42.1 Å². The van der Waals surface area contributed by atoms with E-state index in [-0.39, 0.29) is 12.4 Å². The van der Waals surface area contributed by atoms with Crippen molar-refractivity contribution in [3.63, 3.8) is 0 Å². The number of hydrogen-bond acceptors (Lipinski definition) is 2. The minimum absolute atomic E-state index is 0.00447. The predicted octanol–water partition coefficient (Wildman–Crippen LogP) is 2.85. The summed E-state index contributed by atoms with van der Waals surface area (Å²) >= 11 is 0. The third kappa shape index (κ3) is 3.00. The molecule has 0 atom stereocenters. The molecular formula is C15H17NO2. The van der Waals surface area contributed by atoms with Gasteiger partial charge in [-0.15, -0.1) is 0 Å². The smallest absolute Gasteiger partial charge is 0.201 e. The van der Waals surface area contributed by atoms with Crippen LogP contribution < -0.4 is 4.74 Å². The molecule has 0 amide bonds. The van der Waals surface area contributed by atoms with Crippen molar-refractivity contribution in [3.8, 4) is 5.75 Å². The summed E-state index contributed by atoms with van der Waals surface area (Å²) in [6.07, 6.45) is 4.65. The number of aryl methyl sites for hydroxylation is 2. The molecule has 0 N–H and O–H groups in total. The molecule has 0 aliphatic heterocycles. The number of carbonyl (C=O) groups is 1. The van der Waals surface area contributed by atoms with Crippen LogP contribution in [0.5, 0.6) is 5.75 Å². The fourth-order valence-corrected chi connectivity index (χ4v) is 1.72. The van der Waals surface area contributed by atoms with Crippen molar-refractivity contribution in [2.24, 2.45) is 7.05 Å². The molecule has 2 rings (SSSR count). The third-order valence-corrected chi connectivity index (χ3v) is 2.86. The maximum absolute atomic E-state index is 11.8. The van der Waals surface area contributed by atoms with Crippen LogP contribution >= 0.6 is 0 Å². The van der Waals surface area contributed by atoms with Crippen LogP contribution in [0.3, 0.4) is 0 Å². The van der Waals surface area contributed by atoms with E-state index in [1.54, 1.807) is 12.3 Å². The summed E-state index contributed by atoms with van der Waals surface area (Å²) in [6, 6.07) is 9.63. The van der Waals surface area contributed by atoms with Gasteiger partial charge in [-0.2, -0.15) is 0 Å². The minimum Gasteiger partial charge on any atom is -0.485 e. The molecule has 1 aromatic carbocycles. The fourth-order valence-electron chi connectivity index (χ4n) is 1.72. The number of benzene rings is 1. The highest BCUT2D eigenvalue weighted by Crippen LogP contribution is 2.13. The second kappa shape index (κ2) is 5.54. The van der Waals surface area contributed by atoms with Crippen molar-refractivity contribution < 1.29 is 9.53 Å². The Morgan fingerprint density at radius 1 is 1.22 bits per heavy atom. The number of ether oxygens (including phenoxy) is 1. The number of nitrogens with zero attached hydrogens (tertiary/aromatic N) is 1. The van der Waals surface area contributed by atoms with Crippen LogP contribution in [-0.4, -0.2) is 17.0 Å². The number of aromatic nitrogens is 1. The maximum atomic E-state index is 11.8. The minimum atomic E-state index is -0.00447. The number of rotatable bonds is 5. The normalized spacial score (nSPS) is 10.3. The first-order valence-corrected chi connectivity index (χ1v) is 6.06. The Balaban J connectivity index is 1.92. The van der Waals surface area contributed by atoms with E-state index < -0.39 is 0 Å². The zero-order valence-electron chi connectivity index (χ0n) is 10.7. The zero-order chi connectivity index (χ0) is 13.0. The highest BCUT2D eigenvalue weighted by molar-refractivity contribution is 5.97. The van der Waals surface area contributed by atoms with Gasteiger partial charge in [-0.1, -0.05) is 19.1 Å². The van der Waals surface area contributed by atoms with Crippen molar-refractivity contribution >= 4 is 5.78 Å². The standard InChI is InChI=1S/C15H17NO2/c1-3-12-4-6-14(7-5-12)18-11-15(17)13-8-9-16(2)10-13/h4-10H,3,11H2,1-2H3. The molecule has 0 unspecified atom stereocenters. The molecule has 0 saturated carbocycles. The molecular weight excluding hydrogens is 226 g/mol. The first-order valence-electron chi connectivity index (χ1n) is 6.06. The van der Waals surface area contributed by atoms with Crippen LogP contribution in [0, 0.1) is 0 Å². The van der Waals surface area contributed by atoms with Gasteiger partial charge in [-0.25, -0.2) is 0 Å². The van der Waals surface area contributed by atoms with Gasteiger partial charge in [0, 0.05) is 25.0 Å². The van der Waals surface area contributed by atoms with E-state index in [9.17, 15) is 4.79 Å². The van der Waals surface area contributed by atoms with Crippen LogP contribution in [0.4, 0.5) is 0 Å². The van der Waals surface area contributed by atoms with Crippen LogP contribution in [0.15, 0.2) is 42.7 Å². The van der Waals surface area contributed by atoms with E-state index >= 15 is 0 Å². The van der Waals surface area contributed by atoms with Gasteiger partial charge in [0.05, 0.1) is 0 Å². The van der Waals surface area contributed by atoms with Gasteiger partial charge in [0.25, 0.3) is 0 Å². The van der Waals surface area contributed by atoms with Crippen LogP contribution in [0.2, 0.25) is 0 Å². The molecule has 0 radical (unpaired) electrons. The molecule has 0 spiro atoms. The Morgan fingerprint density at radius 2 is 1.94 bits per heavy atom. The average Bonchev–Trinajstić information content (AvgIpc) is 2.83. The first kappa shape index (κ1) is 12.4. The Hall–Kier alpha value is -2.03. The van der Waals surface area contributed by atoms with E-state index in [2.05, 4.69) is 6.92 Å². The molecule has 3 heteroatoms. The second-order valence-electron chi connectivity index (χ2n) is 4.28. The highest BCUT2D eigenvalue weighted by atomic mass is 16.5. The van der Waals surface area contributed by atoms with Crippen molar-refractivity contribution in [1.29, 1.82) is 0 Å². The van der Waals surface area contributed by atoms with Crippen LogP contribution in [-0.2, 0) is 13.5 Å². The summed E-state index contributed by atoms with van der Waals surface area (Å²) < 4.78 is 7.32. The first-order chi connectivity index (χ1) is 8.69. The predicted molar refractivity (Wildman–Crippen MR) is 71.1 cm³/mol. The summed E-state index contributed by atoms with van der Waals surface area (Å²) in [5, 5.41) is 0. The molecule has 1 aromatic heterocycles. The fraction of sp³-hybridized carbons (Fsp3) is 0.267. The third-order valence-electron chi connectivity index (χ3n) is 2.86. The number of ketones is 1. The van der Waals surface area contributed by atoms with Gasteiger partial charge in [0.15, 0.2) is 6.61 Å². The number of carbonyl (C=O) groups excluding carboxylic acids is 1. The monoisotopic (exact) mass is 243 g/mol. The van der Waals surface area contributed by atoms with Gasteiger partial charge >= 0.3 is 0 Å². The molecule has 2 aromatic rings. The van der Waals surface area contributed by atoms with E-state index in [0.717, 1.165) is 12.2 Å². The molecule has 1 heterocycles. The maximum Gasteiger partial charge on any atom is 0.201 e. The lowest BCUT2D eigenvalue weighted by atomic mass is 10.2. The lowest BCUT2D eigenvalue weighted by Crippen LogP contribution is -2.10. The zero-order valence-corrected chi connectivity index (χ0v) is 10.7. The molecule has 3 nitrogen and oxygen atoms in total. The molecule has 0 fully saturated rings. The summed E-state index contributed by atoms with van der Waals surface area (Å²) in [5.41, 5.74) is 1.94. The van der Waals surface area contributed by atoms with Crippen molar-refractivity contribution in [1.82, 2.24) is 4.57 Å². The van der Waals surface area contributed by atoms with Gasteiger partial charge in [-0.3, -0.25) is 4.79 Å². The number of Topliss-reactive ketones (excluding diaryl/α,β-unsaturated/α-hetero) is 1. The summed E-state index contributed by atoms with van der Waals surface area (Å²) in [4.78, 5) is 11.8. The van der Waals surface area contributed by atoms with Gasteiger partial charge in [0.2, 0.25) is 5.78 Å². The molecule has 94 valence electrons. The molecule has 0 aliphatic rings. The summed E-state index contributed by atoms with van der Waals surface area (Å²) in [7, 11) is 1.89. The Kier molecular flexibility index (Phi) is 3.82. The topological polar surface area (TPSA) is 31.2 Å². The second-order valence-corrected chi connectivity index (χ2v) is 4.28. The van der Waals surface area contributed by atoms with Gasteiger partial charge in [-0.05, 0) is 30.2 Å². The molecule has 0 bridgehead atoms. The average molecular weight is 243 g/mol. The molecule has 0 saturated heterocycles. The SMILES string of the molecule is CCc1ccc(OCC(=O)c2ccn(C)c2)cc1. The molecule has 18 heavy (non-hydrogen) atoms. The van der Waals surface area contributed by atoms with Crippen molar-refractivity contribution in [2.45, 2.75) is 13.3 Å². The summed E-state index contributed by atoms with van der Waals surface area (Å²) in [6.45, 7) is 2.18. The van der Waals surface area contributed by atoms with Gasteiger partial charge in [0.1, 0.15) is 5.75 Å². The van der Waals surface area contributed by atoms with Crippen molar-refractivity contribution in [3.05, 3.63) is 53.9 Å². The van der Waals surface area contributed by atoms with Crippen LogP contribution in [0.25, 0.3) is 0 Å². The lowest BCUT2D eigenvalue weighted by Gasteiger charge is -2.05. The largest absolute Gasteiger partial charge is 0.485 e. The Labute approximate surface area is 107 Å². The quantitative estimate of drug-likeness (QED) is 0.756. The lowest BCUT2D eigenvalue weighted by molar-refractivity contribution is 0.0921. The molecule has 0 aliphatic carbocycles. The highest BCUT2D eigenvalue weighted by Gasteiger charge is 2.07. The number of hydrogen-bond donors (Lipinski definition) is 0. The summed E-state index contributed by atoms with van der Waals surface area (Å²) in [5.74, 6) is 0.728. The Bertz CT molecular complexity index is 526. The Morgan fingerprint density at radius 3 is 2.50 bits per heavy atom. The van der Waals surface area contributed by atoms with E-state index in [0.29, 0.717) is 5.56 Å². The van der Waals surface area contributed by atoms with Gasteiger partial charge < -0.3 is 9.30 Å². The van der Waals surface area contributed by atoms with Crippen LogP contribution in [0.1, 0.15) is 22.8 Å². The van der Waals surface area contributed by atoms with E-state index in [1.165, 1.54) is 5.56 Å².